The maximum absolute atomic E-state index is 14.1. The van der Waals surface area contributed by atoms with Crippen LogP contribution in [0.15, 0.2) is 42.5 Å². The van der Waals surface area contributed by atoms with Crippen LogP contribution in [0.1, 0.15) is 11.6 Å². The van der Waals surface area contributed by atoms with Crippen molar-refractivity contribution in [3.05, 3.63) is 64.7 Å². The quantitative estimate of drug-likeness (QED) is 0.931. The molecule has 0 amide bonds. The van der Waals surface area contributed by atoms with E-state index in [1.165, 1.54) is 18.2 Å². The van der Waals surface area contributed by atoms with E-state index in [1.54, 1.807) is 36.2 Å². The second-order valence-corrected chi connectivity index (χ2v) is 4.89. The highest BCUT2D eigenvalue weighted by molar-refractivity contribution is 6.30. The van der Waals surface area contributed by atoms with Crippen molar-refractivity contribution in [2.45, 2.75) is 6.04 Å². The van der Waals surface area contributed by atoms with Crippen molar-refractivity contribution >= 4 is 17.3 Å². The van der Waals surface area contributed by atoms with E-state index in [0.29, 0.717) is 5.56 Å². The van der Waals surface area contributed by atoms with Crippen molar-refractivity contribution in [1.29, 1.82) is 0 Å². The van der Waals surface area contributed by atoms with Crippen molar-refractivity contribution in [3.63, 3.8) is 0 Å². The van der Waals surface area contributed by atoms with Gasteiger partial charge in [-0.2, -0.15) is 0 Å². The summed E-state index contributed by atoms with van der Waals surface area (Å²) in [5, 5.41) is 0.0634. The molecule has 0 fully saturated rings. The second kappa shape index (κ2) is 6.20. The molecule has 2 aromatic rings. The van der Waals surface area contributed by atoms with Gasteiger partial charge in [-0.25, -0.2) is 8.78 Å². The smallest absolute Gasteiger partial charge is 0.147 e. The van der Waals surface area contributed by atoms with Gasteiger partial charge in [0.25, 0.3) is 0 Å². The average molecular weight is 297 g/mol. The van der Waals surface area contributed by atoms with Crippen LogP contribution >= 0.6 is 11.6 Å². The highest BCUT2D eigenvalue weighted by Crippen LogP contribution is 2.29. The third kappa shape index (κ3) is 2.92. The molecule has 0 aliphatic heterocycles. The molecule has 0 saturated heterocycles. The van der Waals surface area contributed by atoms with Gasteiger partial charge in [0, 0.05) is 24.8 Å². The number of nitrogens with two attached hydrogens (primary N) is 1. The molecule has 0 aliphatic rings. The Morgan fingerprint density at radius 3 is 2.40 bits per heavy atom. The van der Waals surface area contributed by atoms with E-state index in [-0.39, 0.29) is 23.4 Å². The molecule has 5 heteroatoms. The van der Waals surface area contributed by atoms with Gasteiger partial charge in [0.2, 0.25) is 0 Å². The minimum absolute atomic E-state index is 0.0634. The molecule has 1 atom stereocenters. The number of rotatable bonds is 4. The summed E-state index contributed by atoms with van der Waals surface area (Å²) in [7, 11) is 1.78. The third-order valence-corrected chi connectivity index (χ3v) is 3.56. The predicted molar refractivity (Wildman–Crippen MR) is 78.0 cm³/mol. The van der Waals surface area contributed by atoms with Gasteiger partial charge in [-0.05, 0) is 30.3 Å². The minimum Gasteiger partial charge on any atom is -0.366 e. The van der Waals surface area contributed by atoms with E-state index in [4.69, 9.17) is 17.3 Å². The van der Waals surface area contributed by atoms with Crippen molar-refractivity contribution in [1.82, 2.24) is 0 Å². The number of halogens is 3. The SMILES string of the molecule is CN(c1ccc(F)cc1)C(CN)c1cccc(Cl)c1F. The van der Waals surface area contributed by atoms with Crippen LogP contribution in [-0.2, 0) is 0 Å². The summed E-state index contributed by atoms with van der Waals surface area (Å²) in [5.41, 5.74) is 6.94. The Labute approximate surface area is 121 Å². The van der Waals surface area contributed by atoms with Gasteiger partial charge < -0.3 is 10.6 Å². The predicted octanol–water partition coefficient (Wildman–Crippen LogP) is 3.75. The lowest BCUT2D eigenvalue weighted by Gasteiger charge is -2.30. The van der Waals surface area contributed by atoms with Crippen LogP contribution in [0.4, 0.5) is 14.5 Å². The molecule has 2 rings (SSSR count). The summed E-state index contributed by atoms with van der Waals surface area (Å²) in [6.07, 6.45) is 0. The van der Waals surface area contributed by atoms with Crippen molar-refractivity contribution in [3.8, 4) is 0 Å². The highest BCUT2D eigenvalue weighted by atomic mass is 35.5. The van der Waals surface area contributed by atoms with E-state index in [1.807, 2.05) is 0 Å². The van der Waals surface area contributed by atoms with E-state index in [9.17, 15) is 8.78 Å². The standard InChI is InChI=1S/C15H15ClF2N2/c1-20(11-7-5-10(17)6-8-11)14(9-19)12-3-2-4-13(16)15(12)18/h2-8,14H,9,19H2,1H3. The maximum atomic E-state index is 14.1. The van der Waals surface area contributed by atoms with Crippen LogP contribution in [0, 0.1) is 11.6 Å². The van der Waals surface area contributed by atoms with Gasteiger partial charge in [-0.3, -0.25) is 0 Å². The van der Waals surface area contributed by atoms with Gasteiger partial charge in [0.15, 0.2) is 0 Å². The molecule has 20 heavy (non-hydrogen) atoms. The van der Waals surface area contributed by atoms with Crippen LogP contribution in [0.25, 0.3) is 0 Å². The largest absolute Gasteiger partial charge is 0.366 e. The number of likely N-dealkylation sites (N-methyl/N-ethyl adjacent to an activating group) is 1. The van der Waals surface area contributed by atoms with Gasteiger partial charge in [0.1, 0.15) is 11.6 Å². The van der Waals surface area contributed by atoms with Crippen LogP contribution < -0.4 is 10.6 Å². The molecule has 0 bridgehead atoms. The topological polar surface area (TPSA) is 29.3 Å². The summed E-state index contributed by atoms with van der Waals surface area (Å²) in [5.74, 6) is -0.793. The molecular formula is C15H15ClF2N2. The van der Waals surface area contributed by atoms with Crippen molar-refractivity contribution in [2.75, 3.05) is 18.5 Å². The van der Waals surface area contributed by atoms with Crippen LogP contribution in [0.2, 0.25) is 5.02 Å². The lowest BCUT2D eigenvalue weighted by atomic mass is 10.0. The Morgan fingerprint density at radius 1 is 1.15 bits per heavy atom. The monoisotopic (exact) mass is 296 g/mol. The second-order valence-electron chi connectivity index (χ2n) is 4.48. The molecule has 0 saturated carbocycles. The Hall–Kier alpha value is -1.65. The average Bonchev–Trinajstić information content (AvgIpc) is 2.45. The summed E-state index contributed by atoms with van der Waals surface area (Å²) < 4.78 is 27.1. The zero-order chi connectivity index (χ0) is 14.7. The zero-order valence-electron chi connectivity index (χ0n) is 11.0. The first-order valence-corrected chi connectivity index (χ1v) is 6.54. The van der Waals surface area contributed by atoms with Crippen molar-refractivity contribution < 1.29 is 8.78 Å². The Morgan fingerprint density at radius 2 is 1.80 bits per heavy atom. The molecule has 0 aliphatic carbocycles. The lowest BCUT2D eigenvalue weighted by Crippen LogP contribution is -2.31. The first-order chi connectivity index (χ1) is 9.54. The number of hydrogen-bond donors (Lipinski definition) is 1. The number of nitrogens with zero attached hydrogens (tertiary/aromatic N) is 1. The van der Waals surface area contributed by atoms with E-state index in [0.717, 1.165) is 5.69 Å². The van der Waals surface area contributed by atoms with E-state index in [2.05, 4.69) is 0 Å². The maximum Gasteiger partial charge on any atom is 0.147 e. The highest BCUT2D eigenvalue weighted by Gasteiger charge is 2.20. The van der Waals surface area contributed by atoms with Gasteiger partial charge in [0.05, 0.1) is 11.1 Å². The lowest BCUT2D eigenvalue weighted by molar-refractivity contribution is 0.572. The summed E-state index contributed by atoms with van der Waals surface area (Å²) in [4.78, 5) is 1.80. The van der Waals surface area contributed by atoms with Crippen LogP contribution in [0.5, 0.6) is 0 Å². The van der Waals surface area contributed by atoms with Gasteiger partial charge >= 0.3 is 0 Å². The Bertz CT molecular complexity index is 587. The fraction of sp³-hybridized carbons (Fsp3) is 0.200. The van der Waals surface area contributed by atoms with Crippen LogP contribution in [-0.4, -0.2) is 13.6 Å². The summed E-state index contributed by atoms with van der Waals surface area (Å²) in [6, 6.07) is 10.4. The van der Waals surface area contributed by atoms with E-state index >= 15 is 0 Å². The molecular weight excluding hydrogens is 282 g/mol. The number of hydrogen-bond acceptors (Lipinski definition) is 2. The first-order valence-electron chi connectivity index (χ1n) is 6.17. The fourth-order valence-corrected chi connectivity index (χ4v) is 2.31. The third-order valence-electron chi connectivity index (χ3n) is 3.27. The molecule has 0 heterocycles. The molecule has 2 nitrogen and oxygen atoms in total. The molecule has 0 radical (unpaired) electrons. The van der Waals surface area contributed by atoms with E-state index < -0.39 is 5.82 Å². The minimum atomic E-state index is -0.474. The zero-order valence-corrected chi connectivity index (χ0v) is 11.7. The van der Waals surface area contributed by atoms with Crippen molar-refractivity contribution in [2.24, 2.45) is 5.73 Å². The van der Waals surface area contributed by atoms with Crippen LogP contribution in [0.3, 0.4) is 0 Å². The van der Waals surface area contributed by atoms with Gasteiger partial charge in [-0.1, -0.05) is 23.7 Å². The number of anilines is 1. The normalized spacial score (nSPS) is 12.2. The first kappa shape index (κ1) is 14.8. The molecule has 1 unspecified atom stereocenters. The number of benzene rings is 2. The molecule has 2 N–H and O–H groups in total. The van der Waals surface area contributed by atoms with Gasteiger partial charge in [-0.15, -0.1) is 0 Å². The molecule has 106 valence electrons. The summed E-state index contributed by atoms with van der Waals surface area (Å²) in [6.45, 7) is 0.213. The molecule has 2 aromatic carbocycles. The molecule has 0 spiro atoms. The Kier molecular flexibility index (Phi) is 4.57. The Balaban J connectivity index is 2.36. The molecule has 0 aromatic heterocycles. The fourth-order valence-electron chi connectivity index (χ4n) is 2.13. The summed E-state index contributed by atoms with van der Waals surface area (Å²) >= 11 is 5.80.